The van der Waals surface area contributed by atoms with Crippen LogP contribution in [0, 0.1) is 0 Å². The number of hydrogen-bond donors (Lipinski definition) is 1. The molecule has 0 aliphatic heterocycles. The highest BCUT2D eigenvalue weighted by atomic mass is 79.9. The SMILES string of the molecule is COc1ccc(Br)c(NC(=O)CCl)c1. The lowest BCUT2D eigenvalue weighted by atomic mass is 10.3. The number of halogens is 2. The zero-order chi connectivity index (χ0) is 10.6. The molecule has 0 spiro atoms. The molecule has 0 bridgehead atoms. The zero-order valence-corrected chi connectivity index (χ0v) is 9.85. The van der Waals surface area contributed by atoms with E-state index in [1.165, 1.54) is 0 Å². The summed E-state index contributed by atoms with van der Waals surface area (Å²) in [6.07, 6.45) is 0. The van der Waals surface area contributed by atoms with Gasteiger partial charge in [-0.15, -0.1) is 11.6 Å². The Morgan fingerprint density at radius 3 is 2.93 bits per heavy atom. The molecule has 0 saturated carbocycles. The highest BCUT2D eigenvalue weighted by molar-refractivity contribution is 9.10. The second-order valence-electron chi connectivity index (χ2n) is 2.53. The second kappa shape index (κ2) is 5.22. The lowest BCUT2D eigenvalue weighted by molar-refractivity contribution is -0.113. The third kappa shape index (κ3) is 2.89. The van der Waals surface area contributed by atoms with Gasteiger partial charge >= 0.3 is 0 Å². The number of ether oxygens (including phenoxy) is 1. The van der Waals surface area contributed by atoms with E-state index in [-0.39, 0.29) is 11.8 Å². The number of alkyl halides is 1. The van der Waals surface area contributed by atoms with Crippen molar-refractivity contribution in [3.05, 3.63) is 22.7 Å². The van der Waals surface area contributed by atoms with Crippen LogP contribution < -0.4 is 10.1 Å². The highest BCUT2D eigenvalue weighted by Crippen LogP contribution is 2.26. The van der Waals surface area contributed by atoms with Crippen LogP contribution in [0.15, 0.2) is 22.7 Å². The number of amides is 1. The normalized spacial score (nSPS) is 9.64. The van der Waals surface area contributed by atoms with Gasteiger partial charge in [-0.1, -0.05) is 0 Å². The minimum absolute atomic E-state index is 0.0658. The molecule has 76 valence electrons. The summed E-state index contributed by atoms with van der Waals surface area (Å²) in [4.78, 5) is 11.0. The molecule has 0 heterocycles. The van der Waals surface area contributed by atoms with E-state index in [9.17, 15) is 4.79 Å². The van der Waals surface area contributed by atoms with E-state index in [1.807, 2.05) is 0 Å². The van der Waals surface area contributed by atoms with E-state index < -0.39 is 0 Å². The van der Waals surface area contributed by atoms with Crippen LogP contribution in [0.3, 0.4) is 0 Å². The molecule has 0 unspecified atom stereocenters. The van der Waals surface area contributed by atoms with E-state index in [4.69, 9.17) is 16.3 Å². The fraction of sp³-hybridized carbons (Fsp3) is 0.222. The standard InChI is InChI=1S/C9H9BrClNO2/c1-14-6-2-3-7(10)8(4-6)12-9(13)5-11/h2-4H,5H2,1H3,(H,12,13). The Morgan fingerprint density at radius 2 is 2.36 bits per heavy atom. The highest BCUT2D eigenvalue weighted by Gasteiger charge is 2.05. The van der Waals surface area contributed by atoms with Crippen molar-refractivity contribution >= 4 is 39.1 Å². The van der Waals surface area contributed by atoms with Crippen LogP contribution in [-0.2, 0) is 4.79 Å². The summed E-state index contributed by atoms with van der Waals surface area (Å²) in [6, 6.07) is 5.30. The molecule has 5 heteroatoms. The zero-order valence-electron chi connectivity index (χ0n) is 7.51. The lowest BCUT2D eigenvalue weighted by Crippen LogP contribution is -2.12. The molecule has 0 atom stereocenters. The topological polar surface area (TPSA) is 38.3 Å². The Balaban J connectivity index is 2.89. The van der Waals surface area contributed by atoms with Crippen LogP contribution in [-0.4, -0.2) is 18.9 Å². The van der Waals surface area contributed by atoms with Crippen LogP contribution in [0.25, 0.3) is 0 Å². The van der Waals surface area contributed by atoms with Gasteiger partial charge in [0.1, 0.15) is 11.6 Å². The molecule has 0 aliphatic rings. The third-order valence-electron chi connectivity index (χ3n) is 1.57. The van der Waals surface area contributed by atoms with Crippen LogP contribution in [0.5, 0.6) is 5.75 Å². The number of anilines is 1. The largest absolute Gasteiger partial charge is 0.497 e. The first kappa shape index (κ1) is 11.3. The Hall–Kier alpha value is -0.740. The molecular weight excluding hydrogens is 269 g/mol. The van der Waals surface area contributed by atoms with Crippen molar-refractivity contribution in [3.8, 4) is 5.75 Å². The summed E-state index contributed by atoms with van der Waals surface area (Å²) in [5, 5.41) is 2.64. The fourth-order valence-corrected chi connectivity index (χ4v) is 1.32. The van der Waals surface area contributed by atoms with Crippen molar-refractivity contribution < 1.29 is 9.53 Å². The van der Waals surface area contributed by atoms with E-state index in [1.54, 1.807) is 25.3 Å². The van der Waals surface area contributed by atoms with Crippen LogP contribution in [0.2, 0.25) is 0 Å². The van der Waals surface area contributed by atoms with Crippen molar-refractivity contribution in [2.24, 2.45) is 0 Å². The van der Waals surface area contributed by atoms with Gasteiger partial charge in [0.15, 0.2) is 0 Å². The Bertz CT molecular complexity index is 344. The van der Waals surface area contributed by atoms with Gasteiger partial charge in [-0.3, -0.25) is 4.79 Å². The molecule has 1 rings (SSSR count). The second-order valence-corrected chi connectivity index (χ2v) is 3.65. The Kier molecular flexibility index (Phi) is 4.22. The summed E-state index contributed by atoms with van der Waals surface area (Å²) in [5.74, 6) is 0.364. The molecule has 14 heavy (non-hydrogen) atoms. The van der Waals surface area contributed by atoms with Crippen LogP contribution in [0.1, 0.15) is 0 Å². The van der Waals surface area contributed by atoms with Gasteiger partial charge in [0.05, 0.1) is 12.8 Å². The van der Waals surface area contributed by atoms with E-state index in [0.29, 0.717) is 11.4 Å². The molecule has 0 radical (unpaired) electrons. The molecule has 0 fully saturated rings. The van der Waals surface area contributed by atoms with Crippen molar-refractivity contribution in [3.63, 3.8) is 0 Å². The predicted octanol–water partition coefficient (Wildman–Crippen LogP) is 2.63. The summed E-state index contributed by atoms with van der Waals surface area (Å²) in [6.45, 7) is 0. The Morgan fingerprint density at radius 1 is 1.64 bits per heavy atom. The molecule has 1 aromatic carbocycles. The smallest absolute Gasteiger partial charge is 0.239 e. The van der Waals surface area contributed by atoms with E-state index >= 15 is 0 Å². The van der Waals surface area contributed by atoms with Crippen molar-refractivity contribution in [2.45, 2.75) is 0 Å². The summed E-state index contributed by atoms with van der Waals surface area (Å²) >= 11 is 8.67. The summed E-state index contributed by atoms with van der Waals surface area (Å²) in [7, 11) is 1.57. The third-order valence-corrected chi connectivity index (χ3v) is 2.50. The van der Waals surface area contributed by atoms with Gasteiger partial charge in [-0.05, 0) is 28.1 Å². The molecule has 3 nitrogen and oxygen atoms in total. The molecule has 1 N–H and O–H groups in total. The molecule has 0 aliphatic carbocycles. The average Bonchev–Trinajstić information content (AvgIpc) is 2.21. The van der Waals surface area contributed by atoms with Gasteiger partial charge in [-0.2, -0.15) is 0 Å². The molecule has 0 aromatic heterocycles. The van der Waals surface area contributed by atoms with Gasteiger partial charge < -0.3 is 10.1 Å². The van der Waals surface area contributed by atoms with E-state index in [2.05, 4.69) is 21.2 Å². The number of methoxy groups -OCH3 is 1. The van der Waals surface area contributed by atoms with Crippen molar-refractivity contribution in [1.82, 2.24) is 0 Å². The first-order chi connectivity index (χ1) is 6.67. The number of nitrogens with one attached hydrogen (secondary N) is 1. The molecule has 1 aromatic rings. The molecule has 1 amide bonds. The molecule has 0 saturated heterocycles. The number of benzene rings is 1. The van der Waals surface area contributed by atoms with Crippen molar-refractivity contribution in [2.75, 3.05) is 18.3 Å². The maximum absolute atomic E-state index is 11.0. The van der Waals surface area contributed by atoms with Gasteiger partial charge in [0.2, 0.25) is 5.91 Å². The number of hydrogen-bond acceptors (Lipinski definition) is 2. The molecular formula is C9H9BrClNO2. The lowest BCUT2D eigenvalue weighted by Gasteiger charge is -2.07. The Labute approximate surface area is 95.5 Å². The minimum Gasteiger partial charge on any atom is -0.497 e. The average molecular weight is 279 g/mol. The van der Waals surface area contributed by atoms with Crippen LogP contribution in [0.4, 0.5) is 5.69 Å². The maximum atomic E-state index is 11.0. The van der Waals surface area contributed by atoms with Gasteiger partial charge in [0, 0.05) is 10.5 Å². The van der Waals surface area contributed by atoms with Crippen LogP contribution >= 0.6 is 27.5 Å². The van der Waals surface area contributed by atoms with Crippen molar-refractivity contribution in [1.29, 1.82) is 0 Å². The maximum Gasteiger partial charge on any atom is 0.239 e. The van der Waals surface area contributed by atoms with Gasteiger partial charge in [-0.25, -0.2) is 0 Å². The summed E-state index contributed by atoms with van der Waals surface area (Å²) < 4.78 is 5.81. The first-order valence-electron chi connectivity index (χ1n) is 3.86. The monoisotopic (exact) mass is 277 g/mol. The minimum atomic E-state index is -0.249. The number of carbonyl (C=O) groups is 1. The number of rotatable bonds is 3. The van der Waals surface area contributed by atoms with Gasteiger partial charge in [0.25, 0.3) is 0 Å². The predicted molar refractivity (Wildman–Crippen MR) is 60.0 cm³/mol. The number of carbonyl (C=O) groups excluding carboxylic acids is 1. The first-order valence-corrected chi connectivity index (χ1v) is 5.19. The van der Waals surface area contributed by atoms with E-state index in [0.717, 1.165) is 4.47 Å². The summed E-state index contributed by atoms with van der Waals surface area (Å²) in [5.41, 5.74) is 0.648. The fourth-order valence-electron chi connectivity index (χ4n) is 0.911. The quantitative estimate of drug-likeness (QED) is 0.863.